The van der Waals surface area contributed by atoms with Gasteiger partial charge in [0.25, 0.3) is 0 Å². The molecule has 5 rings (SSSR count). The van der Waals surface area contributed by atoms with E-state index in [9.17, 15) is 24.2 Å². The van der Waals surface area contributed by atoms with Crippen LogP contribution in [-0.4, -0.2) is 119 Å². The minimum absolute atomic E-state index is 0.114. The van der Waals surface area contributed by atoms with Crippen molar-refractivity contribution in [3.05, 3.63) is 54.5 Å². The van der Waals surface area contributed by atoms with Crippen LogP contribution in [0.3, 0.4) is 0 Å². The zero-order chi connectivity index (χ0) is 39.9. The summed E-state index contributed by atoms with van der Waals surface area (Å²) < 4.78 is 50.7. The molecule has 0 unspecified atom stereocenters. The summed E-state index contributed by atoms with van der Waals surface area (Å²) in [6.07, 6.45) is -1.31. The van der Waals surface area contributed by atoms with Crippen LogP contribution in [0.15, 0.2) is 53.8 Å². The van der Waals surface area contributed by atoms with Gasteiger partial charge >= 0.3 is 25.7 Å². The number of likely N-dealkylation sites (N-methyl/N-ethyl adjacent to an activating group) is 1. The van der Waals surface area contributed by atoms with E-state index in [0.717, 1.165) is 33.3 Å². The number of hydrogen-bond donors (Lipinski definition) is 1. The lowest BCUT2D eigenvalue weighted by atomic mass is 9.95. The number of hydrogen-bond acceptors (Lipinski definition) is 15. The molecule has 0 aliphatic carbocycles. The number of piperazine rings is 1. The van der Waals surface area contributed by atoms with Crippen molar-refractivity contribution < 1.29 is 46.9 Å². The average Bonchev–Trinajstić information content (AvgIpc) is 3.73. The number of esters is 3. The van der Waals surface area contributed by atoms with Gasteiger partial charge < -0.3 is 33.3 Å². The number of rotatable bonds is 15. The molecule has 6 atom stereocenters. The summed E-state index contributed by atoms with van der Waals surface area (Å²) in [7, 11) is -1.32. The Morgan fingerprint density at radius 2 is 1.71 bits per heavy atom. The predicted octanol–water partition coefficient (Wildman–Crippen LogP) is 3.46. The van der Waals surface area contributed by atoms with Gasteiger partial charge in [-0.25, -0.2) is 19.1 Å². The van der Waals surface area contributed by atoms with E-state index >= 15 is 0 Å². The number of nitriles is 1. The van der Waals surface area contributed by atoms with Crippen molar-refractivity contribution in [1.82, 2.24) is 29.5 Å². The zero-order valence-corrected chi connectivity index (χ0v) is 32.8. The highest BCUT2D eigenvalue weighted by atomic mass is 31.2. The molecule has 2 saturated heterocycles. The summed E-state index contributed by atoms with van der Waals surface area (Å²) in [5.41, 5.74) is -1.48. The maximum Gasteiger partial charge on any atom is 0.459 e. The Hall–Kier alpha value is -4.92. The molecule has 0 amide bonds. The molecule has 2 aromatic heterocycles. The smallest absolute Gasteiger partial charge is 0.459 e. The fraction of sp³-hybridized carbons (Fsp3) is 0.528. The van der Waals surface area contributed by atoms with E-state index in [4.69, 9.17) is 28.0 Å². The van der Waals surface area contributed by atoms with Crippen molar-refractivity contribution in [3.63, 3.8) is 0 Å². The first-order valence-corrected chi connectivity index (χ1v) is 19.4. The quantitative estimate of drug-likeness (QED) is 0.0770. The molecule has 19 heteroatoms. The van der Waals surface area contributed by atoms with Crippen LogP contribution in [0.5, 0.6) is 5.75 Å². The van der Waals surface area contributed by atoms with Gasteiger partial charge in [0.1, 0.15) is 42.4 Å². The van der Waals surface area contributed by atoms with Gasteiger partial charge in [-0.2, -0.15) is 15.4 Å². The van der Waals surface area contributed by atoms with Crippen molar-refractivity contribution in [2.45, 2.75) is 64.6 Å². The van der Waals surface area contributed by atoms with Crippen LogP contribution in [0.2, 0.25) is 0 Å². The van der Waals surface area contributed by atoms with Gasteiger partial charge in [-0.3, -0.25) is 18.9 Å². The second-order valence-electron chi connectivity index (χ2n) is 13.9. The van der Waals surface area contributed by atoms with E-state index in [0.29, 0.717) is 17.0 Å². The largest absolute Gasteiger partial charge is 0.468 e. The highest BCUT2D eigenvalue weighted by Crippen LogP contribution is 2.50. The number of nitrogens with zero attached hydrogens (tertiary/aromatic N) is 7. The van der Waals surface area contributed by atoms with Crippen LogP contribution in [0.25, 0.3) is 5.52 Å². The number of aliphatic imine (C=N–C) groups is 1. The van der Waals surface area contributed by atoms with Crippen LogP contribution in [0, 0.1) is 23.2 Å². The lowest BCUT2D eigenvalue weighted by Gasteiger charge is -2.31. The summed E-state index contributed by atoms with van der Waals surface area (Å²) in [5, 5.41) is 17.9. The minimum Gasteiger partial charge on any atom is -0.468 e. The number of nitrogens with one attached hydrogen (secondary N) is 1. The first kappa shape index (κ1) is 41.2. The van der Waals surface area contributed by atoms with Crippen LogP contribution in [-0.2, 0) is 42.4 Å². The topological polar surface area (TPSA) is 209 Å². The highest BCUT2D eigenvalue weighted by molar-refractivity contribution is 7.52. The first-order valence-electron chi connectivity index (χ1n) is 17.8. The van der Waals surface area contributed by atoms with E-state index in [2.05, 4.69) is 43.1 Å². The van der Waals surface area contributed by atoms with E-state index in [1.807, 2.05) is 0 Å². The first-order chi connectivity index (χ1) is 26.2. The van der Waals surface area contributed by atoms with Gasteiger partial charge in [-0.1, -0.05) is 45.9 Å². The maximum absolute atomic E-state index is 14.4. The molecule has 4 heterocycles. The fourth-order valence-electron chi connectivity index (χ4n) is 5.76. The molecular formula is C36H47N8O10P. The standard InChI is InChI=1S/C36H47N8O10P/c1-23(2)33(45)51-30-29(27-13-14-28-32(38-21-40-44(27)28)39-22-43-17-15-42(6)16-18-43)53-36(19-37,31(30)52-34(46)24(3)4)20-50-55(48,41-25(5)35(47)49-7)54-26-11-9-8-10-12-26/h8-14,21-25,29-31H,15-18,20H2,1-7H3,(H,41,48)/b39-22+/t25-,29-,30-,31-,36+,55-/m0/s1. The van der Waals surface area contributed by atoms with Gasteiger partial charge in [0, 0.05) is 26.2 Å². The highest BCUT2D eigenvalue weighted by Gasteiger charge is 2.62. The summed E-state index contributed by atoms with van der Waals surface area (Å²) in [6.45, 7) is 10.3. The number of aromatic nitrogens is 3. The van der Waals surface area contributed by atoms with Gasteiger partial charge in [-0.05, 0) is 38.2 Å². The molecule has 2 fully saturated rings. The molecule has 296 valence electrons. The molecule has 0 spiro atoms. The van der Waals surface area contributed by atoms with Crippen LogP contribution < -0.4 is 9.61 Å². The number of benzene rings is 1. The van der Waals surface area contributed by atoms with E-state index in [1.54, 1.807) is 64.4 Å². The summed E-state index contributed by atoms with van der Waals surface area (Å²) in [6, 6.07) is 12.2. The number of carbonyl (C=O) groups is 3. The summed E-state index contributed by atoms with van der Waals surface area (Å²) in [4.78, 5) is 52.2. The molecule has 0 bridgehead atoms. The second-order valence-corrected chi connectivity index (χ2v) is 15.6. The van der Waals surface area contributed by atoms with E-state index < -0.39 is 74.1 Å². The lowest BCUT2D eigenvalue weighted by Crippen LogP contribution is -2.50. The number of fused-ring (bicyclic) bond motifs is 1. The van der Waals surface area contributed by atoms with E-state index in [1.165, 1.54) is 29.9 Å². The molecule has 3 aromatic rings. The molecule has 2 aliphatic rings. The van der Waals surface area contributed by atoms with Crippen LogP contribution in [0.1, 0.15) is 46.4 Å². The van der Waals surface area contributed by atoms with Crippen molar-refractivity contribution in [2.75, 3.05) is 46.9 Å². The predicted molar refractivity (Wildman–Crippen MR) is 197 cm³/mol. The number of ether oxygens (including phenoxy) is 4. The molecule has 2 aliphatic heterocycles. The second kappa shape index (κ2) is 17.7. The van der Waals surface area contributed by atoms with Crippen LogP contribution in [0.4, 0.5) is 5.82 Å². The Labute approximate surface area is 319 Å². The van der Waals surface area contributed by atoms with Crippen molar-refractivity contribution in [3.8, 4) is 11.8 Å². The Bertz CT molecular complexity index is 1940. The van der Waals surface area contributed by atoms with Crippen LogP contribution >= 0.6 is 7.75 Å². The zero-order valence-electron chi connectivity index (χ0n) is 31.9. The maximum atomic E-state index is 14.4. The Morgan fingerprint density at radius 1 is 1.04 bits per heavy atom. The molecule has 0 saturated carbocycles. The summed E-state index contributed by atoms with van der Waals surface area (Å²) in [5.74, 6) is -3.01. The van der Waals surface area contributed by atoms with E-state index in [-0.39, 0.29) is 5.75 Å². The number of carbonyl (C=O) groups excluding carboxylic acids is 3. The Balaban J connectivity index is 1.56. The summed E-state index contributed by atoms with van der Waals surface area (Å²) >= 11 is 0. The number of para-hydroxylation sites is 1. The van der Waals surface area contributed by atoms with Crippen molar-refractivity contribution >= 4 is 43.3 Å². The third-order valence-corrected chi connectivity index (χ3v) is 10.6. The SMILES string of the molecule is COC(=O)[C@H](C)N[P@](=O)(OC[C@@]1(C#N)O[C@@H](c2ccc3c(/N=C/N4CCN(C)CC4)ncnn23)[C@H](OC(=O)C(C)C)[C@@H]1OC(=O)C(C)C)Oc1ccccc1. The lowest BCUT2D eigenvalue weighted by molar-refractivity contribution is -0.173. The molecule has 55 heavy (non-hydrogen) atoms. The van der Waals surface area contributed by atoms with Gasteiger partial charge in [-0.15, -0.1) is 0 Å². The Morgan fingerprint density at radius 3 is 2.35 bits per heavy atom. The third-order valence-electron chi connectivity index (χ3n) is 8.98. The monoisotopic (exact) mass is 782 g/mol. The molecule has 18 nitrogen and oxygen atoms in total. The molecule has 1 N–H and O–H groups in total. The van der Waals surface area contributed by atoms with Gasteiger partial charge in [0.05, 0.1) is 31.0 Å². The molecule has 0 radical (unpaired) electrons. The molecular weight excluding hydrogens is 735 g/mol. The Kier molecular flexibility index (Phi) is 13.3. The van der Waals surface area contributed by atoms with Gasteiger partial charge in [0.15, 0.2) is 18.0 Å². The number of methoxy groups -OCH3 is 1. The minimum atomic E-state index is -4.54. The van der Waals surface area contributed by atoms with Crippen molar-refractivity contribution in [2.24, 2.45) is 16.8 Å². The normalized spacial score (nSPS) is 23.4. The van der Waals surface area contributed by atoms with Crippen molar-refractivity contribution in [1.29, 1.82) is 5.26 Å². The third kappa shape index (κ3) is 9.67. The fourth-order valence-corrected chi connectivity index (χ4v) is 7.28. The van der Waals surface area contributed by atoms with Gasteiger partial charge in [0.2, 0.25) is 5.60 Å². The average molecular weight is 783 g/mol. The molecule has 1 aromatic carbocycles.